The number of rotatable bonds is 2. The molecule has 0 aliphatic carbocycles. The largest absolute Gasteiger partial charge is 0.432 e. The predicted octanol–water partition coefficient (Wildman–Crippen LogP) is 5.07. The normalized spacial score (nSPS) is 15.6. The van der Waals surface area contributed by atoms with E-state index in [-0.39, 0.29) is 16.6 Å². The first-order valence-corrected chi connectivity index (χ1v) is 9.06. The second-order valence-corrected chi connectivity index (χ2v) is 6.99. The fourth-order valence-corrected chi connectivity index (χ4v) is 3.75. The van der Waals surface area contributed by atoms with Crippen LogP contribution < -0.4 is 0 Å². The van der Waals surface area contributed by atoms with Crippen LogP contribution in [0.25, 0.3) is 16.5 Å². The van der Waals surface area contributed by atoms with Gasteiger partial charge in [-0.25, -0.2) is 0 Å². The van der Waals surface area contributed by atoms with Crippen LogP contribution in [0.5, 0.6) is 0 Å². The molecule has 28 heavy (non-hydrogen) atoms. The second kappa shape index (κ2) is 6.95. The van der Waals surface area contributed by atoms with Gasteiger partial charge < -0.3 is 4.90 Å². The first-order chi connectivity index (χ1) is 13.4. The average molecular weight is 384 g/mol. The molecular weight excluding hydrogens is 365 g/mol. The predicted molar refractivity (Wildman–Crippen MR) is 103 cm³/mol. The standard InChI is InChI=1S/C22H19F3N2O/c1-26-13-11-15(12-14-26)19-17-9-5-6-10-18(17)27(20(19)22(23,24)25)21(28)16-7-3-2-4-8-16/h2-11H,12-14H2,1H3. The van der Waals surface area contributed by atoms with E-state index in [4.69, 9.17) is 0 Å². The van der Waals surface area contributed by atoms with Gasteiger partial charge in [0.1, 0.15) is 5.69 Å². The van der Waals surface area contributed by atoms with E-state index in [1.165, 1.54) is 12.1 Å². The smallest absolute Gasteiger partial charge is 0.302 e. The highest BCUT2D eigenvalue weighted by atomic mass is 19.4. The van der Waals surface area contributed by atoms with Crippen LogP contribution in [-0.4, -0.2) is 35.5 Å². The number of alkyl halides is 3. The molecule has 0 amide bonds. The van der Waals surface area contributed by atoms with Crippen molar-refractivity contribution in [2.75, 3.05) is 20.1 Å². The summed E-state index contributed by atoms with van der Waals surface area (Å²) < 4.78 is 43.6. The summed E-state index contributed by atoms with van der Waals surface area (Å²) in [7, 11) is 1.93. The van der Waals surface area contributed by atoms with Gasteiger partial charge in [-0.2, -0.15) is 13.2 Å². The van der Waals surface area contributed by atoms with Gasteiger partial charge in [-0.1, -0.05) is 42.5 Å². The number of aromatic nitrogens is 1. The Hall–Kier alpha value is -2.86. The lowest BCUT2D eigenvalue weighted by atomic mass is 9.96. The molecule has 3 nitrogen and oxygen atoms in total. The lowest BCUT2D eigenvalue weighted by molar-refractivity contribution is -0.142. The van der Waals surface area contributed by atoms with Crippen molar-refractivity contribution in [3.8, 4) is 0 Å². The van der Waals surface area contributed by atoms with Crippen molar-refractivity contribution in [2.45, 2.75) is 12.6 Å². The van der Waals surface area contributed by atoms with Crippen LogP contribution in [-0.2, 0) is 6.18 Å². The first kappa shape index (κ1) is 18.5. The number of hydrogen-bond donors (Lipinski definition) is 0. The van der Waals surface area contributed by atoms with Crippen LogP contribution in [0.2, 0.25) is 0 Å². The summed E-state index contributed by atoms with van der Waals surface area (Å²) in [5, 5.41) is 0.454. The summed E-state index contributed by atoms with van der Waals surface area (Å²) >= 11 is 0. The Balaban J connectivity index is 2.04. The van der Waals surface area contributed by atoms with Gasteiger partial charge in [-0.05, 0) is 37.2 Å². The Morgan fingerprint density at radius 1 is 1.00 bits per heavy atom. The summed E-state index contributed by atoms with van der Waals surface area (Å²) in [4.78, 5) is 15.2. The van der Waals surface area contributed by atoms with Gasteiger partial charge in [-0.3, -0.25) is 9.36 Å². The zero-order chi connectivity index (χ0) is 19.9. The molecule has 0 bridgehead atoms. The fraction of sp³-hybridized carbons (Fsp3) is 0.227. The molecule has 0 unspecified atom stereocenters. The maximum atomic E-state index is 14.2. The molecule has 1 aliphatic heterocycles. The van der Waals surface area contributed by atoms with Crippen molar-refractivity contribution in [1.29, 1.82) is 0 Å². The minimum atomic E-state index is -4.66. The Labute approximate surface area is 160 Å². The number of likely N-dealkylation sites (N-methyl/N-ethyl adjacent to an activating group) is 1. The molecule has 0 fully saturated rings. The molecule has 2 aromatic carbocycles. The van der Waals surface area contributed by atoms with Crippen LogP contribution >= 0.6 is 0 Å². The van der Waals surface area contributed by atoms with Gasteiger partial charge in [0, 0.05) is 29.6 Å². The molecule has 0 radical (unpaired) electrons. The van der Waals surface area contributed by atoms with Crippen molar-refractivity contribution >= 4 is 22.4 Å². The molecule has 1 aliphatic rings. The zero-order valence-corrected chi connectivity index (χ0v) is 15.3. The summed E-state index contributed by atoms with van der Waals surface area (Å²) in [5.74, 6) is -0.677. The van der Waals surface area contributed by atoms with Crippen LogP contribution in [0.4, 0.5) is 13.2 Å². The van der Waals surface area contributed by atoms with Gasteiger partial charge in [0.25, 0.3) is 5.91 Å². The molecule has 2 heterocycles. The number of carbonyl (C=O) groups excluding carboxylic acids is 1. The number of benzene rings is 2. The molecule has 0 atom stereocenters. The van der Waals surface area contributed by atoms with E-state index in [9.17, 15) is 18.0 Å². The van der Waals surface area contributed by atoms with E-state index in [1.807, 2.05) is 18.0 Å². The number of nitrogens with zero attached hydrogens (tertiary/aromatic N) is 2. The van der Waals surface area contributed by atoms with E-state index in [1.54, 1.807) is 42.5 Å². The third-order valence-corrected chi connectivity index (χ3v) is 5.10. The fourth-order valence-electron chi connectivity index (χ4n) is 3.75. The van der Waals surface area contributed by atoms with Crippen LogP contribution in [0.1, 0.15) is 28.0 Å². The SMILES string of the molecule is CN1CC=C(c2c(C(F)(F)F)n(C(=O)c3ccccc3)c3ccccc23)CC1. The topological polar surface area (TPSA) is 25.2 Å². The van der Waals surface area contributed by atoms with Gasteiger partial charge in [0.05, 0.1) is 5.52 Å². The van der Waals surface area contributed by atoms with Gasteiger partial charge in [0.15, 0.2) is 0 Å². The number of carbonyl (C=O) groups is 1. The van der Waals surface area contributed by atoms with Gasteiger partial charge in [0.2, 0.25) is 0 Å². The highest BCUT2D eigenvalue weighted by Crippen LogP contribution is 2.43. The maximum absolute atomic E-state index is 14.2. The lowest BCUT2D eigenvalue weighted by Crippen LogP contribution is -2.25. The van der Waals surface area contributed by atoms with Crippen LogP contribution in [0.3, 0.4) is 0 Å². The van der Waals surface area contributed by atoms with E-state index < -0.39 is 17.8 Å². The van der Waals surface area contributed by atoms with E-state index >= 15 is 0 Å². The molecule has 0 saturated heterocycles. The highest BCUT2D eigenvalue weighted by Gasteiger charge is 2.41. The van der Waals surface area contributed by atoms with Crippen molar-refractivity contribution in [3.05, 3.63) is 77.5 Å². The zero-order valence-electron chi connectivity index (χ0n) is 15.3. The van der Waals surface area contributed by atoms with Crippen LogP contribution in [0.15, 0.2) is 60.7 Å². The highest BCUT2D eigenvalue weighted by molar-refractivity contribution is 6.07. The minimum absolute atomic E-state index is 0.125. The second-order valence-electron chi connectivity index (χ2n) is 6.99. The molecule has 6 heteroatoms. The van der Waals surface area contributed by atoms with Crippen molar-refractivity contribution in [2.24, 2.45) is 0 Å². The monoisotopic (exact) mass is 384 g/mol. The summed E-state index contributed by atoms with van der Waals surface area (Å²) in [5.41, 5.74) is 0.372. The summed E-state index contributed by atoms with van der Waals surface area (Å²) in [6, 6.07) is 14.7. The third-order valence-electron chi connectivity index (χ3n) is 5.10. The Bertz CT molecular complexity index is 1060. The number of fused-ring (bicyclic) bond motifs is 1. The van der Waals surface area contributed by atoms with E-state index in [2.05, 4.69) is 0 Å². The average Bonchev–Trinajstić information content (AvgIpc) is 3.04. The van der Waals surface area contributed by atoms with E-state index in [0.29, 0.717) is 30.5 Å². The number of para-hydroxylation sites is 1. The molecule has 3 aromatic rings. The molecule has 0 N–H and O–H groups in total. The molecule has 4 rings (SSSR count). The van der Waals surface area contributed by atoms with Gasteiger partial charge in [-0.15, -0.1) is 0 Å². The Kier molecular flexibility index (Phi) is 4.59. The van der Waals surface area contributed by atoms with Crippen molar-refractivity contribution in [3.63, 3.8) is 0 Å². The number of halogens is 3. The molecule has 1 aromatic heterocycles. The van der Waals surface area contributed by atoms with Crippen molar-refractivity contribution < 1.29 is 18.0 Å². The minimum Gasteiger partial charge on any atom is -0.302 e. The Morgan fingerprint density at radius 2 is 1.68 bits per heavy atom. The molecular formula is C22H19F3N2O. The van der Waals surface area contributed by atoms with Crippen LogP contribution in [0, 0.1) is 0 Å². The van der Waals surface area contributed by atoms with Gasteiger partial charge >= 0.3 is 6.18 Å². The summed E-state index contributed by atoms with van der Waals surface area (Å²) in [6.07, 6.45) is -2.33. The summed E-state index contributed by atoms with van der Waals surface area (Å²) in [6.45, 7) is 1.26. The quantitative estimate of drug-likeness (QED) is 0.617. The maximum Gasteiger partial charge on any atom is 0.432 e. The number of hydrogen-bond acceptors (Lipinski definition) is 2. The first-order valence-electron chi connectivity index (χ1n) is 9.06. The molecule has 0 saturated carbocycles. The van der Waals surface area contributed by atoms with E-state index in [0.717, 1.165) is 4.57 Å². The Morgan fingerprint density at radius 3 is 2.32 bits per heavy atom. The van der Waals surface area contributed by atoms with Crippen molar-refractivity contribution in [1.82, 2.24) is 9.47 Å². The molecule has 144 valence electrons. The third kappa shape index (κ3) is 3.14. The lowest BCUT2D eigenvalue weighted by Gasteiger charge is -2.23. The molecule has 0 spiro atoms.